The van der Waals surface area contributed by atoms with Crippen molar-refractivity contribution in [2.24, 2.45) is 0 Å². The van der Waals surface area contributed by atoms with Crippen LogP contribution in [0.25, 0.3) is 0 Å². The summed E-state index contributed by atoms with van der Waals surface area (Å²) in [5, 5.41) is 0. The number of nitrogens with zero attached hydrogens (tertiary/aromatic N) is 1. The molecule has 0 saturated carbocycles. The number of amides is 2. The van der Waals surface area contributed by atoms with Gasteiger partial charge in [0.15, 0.2) is 0 Å². The lowest BCUT2D eigenvalue weighted by Gasteiger charge is -2.17. The van der Waals surface area contributed by atoms with Crippen LogP contribution in [0.15, 0.2) is 33.2 Å². The SMILES string of the molecule is COc1cc(N2C(=O)C=CC2=O)c(Br)cc1Br. The molecule has 0 radical (unpaired) electrons. The van der Waals surface area contributed by atoms with Crippen LogP contribution in [0.3, 0.4) is 0 Å². The van der Waals surface area contributed by atoms with Crippen molar-refractivity contribution in [2.75, 3.05) is 12.0 Å². The first-order valence-corrected chi connectivity index (χ1v) is 6.22. The van der Waals surface area contributed by atoms with E-state index in [0.717, 1.165) is 9.37 Å². The van der Waals surface area contributed by atoms with E-state index in [1.807, 2.05) is 0 Å². The minimum atomic E-state index is -0.361. The van der Waals surface area contributed by atoms with Gasteiger partial charge in [-0.05, 0) is 37.9 Å². The Morgan fingerprint density at radius 2 is 1.65 bits per heavy atom. The second kappa shape index (κ2) is 4.62. The van der Waals surface area contributed by atoms with Gasteiger partial charge in [0.05, 0.1) is 17.3 Å². The molecule has 0 aliphatic carbocycles. The Bertz CT molecular complexity index is 522. The predicted molar refractivity (Wildman–Crippen MR) is 70.0 cm³/mol. The molecule has 0 spiro atoms. The van der Waals surface area contributed by atoms with Gasteiger partial charge in [-0.2, -0.15) is 0 Å². The molecule has 2 amide bonds. The third kappa shape index (κ3) is 2.14. The largest absolute Gasteiger partial charge is 0.495 e. The van der Waals surface area contributed by atoms with E-state index in [9.17, 15) is 9.59 Å². The van der Waals surface area contributed by atoms with Gasteiger partial charge >= 0.3 is 0 Å². The molecule has 0 N–H and O–H groups in total. The summed E-state index contributed by atoms with van der Waals surface area (Å²) in [6, 6.07) is 3.35. The van der Waals surface area contributed by atoms with E-state index >= 15 is 0 Å². The van der Waals surface area contributed by atoms with Gasteiger partial charge in [0, 0.05) is 22.7 Å². The van der Waals surface area contributed by atoms with Crippen LogP contribution in [0.1, 0.15) is 0 Å². The summed E-state index contributed by atoms with van der Waals surface area (Å²) < 4.78 is 6.51. The predicted octanol–water partition coefficient (Wildman–Crippen LogP) is 2.65. The highest BCUT2D eigenvalue weighted by Gasteiger charge is 2.27. The number of imide groups is 1. The smallest absolute Gasteiger partial charge is 0.258 e. The van der Waals surface area contributed by atoms with E-state index in [1.165, 1.54) is 19.3 Å². The molecule has 17 heavy (non-hydrogen) atoms. The lowest BCUT2D eigenvalue weighted by atomic mass is 10.2. The Morgan fingerprint density at radius 3 is 2.18 bits per heavy atom. The van der Waals surface area contributed by atoms with Crippen molar-refractivity contribution in [1.29, 1.82) is 0 Å². The highest BCUT2D eigenvalue weighted by Crippen LogP contribution is 2.37. The van der Waals surface area contributed by atoms with E-state index in [2.05, 4.69) is 31.9 Å². The number of rotatable bonds is 2. The first-order chi connectivity index (χ1) is 8.04. The lowest BCUT2D eigenvalue weighted by molar-refractivity contribution is -0.119. The molecule has 88 valence electrons. The van der Waals surface area contributed by atoms with Gasteiger partial charge in [-0.3, -0.25) is 9.59 Å². The maximum atomic E-state index is 11.6. The highest BCUT2D eigenvalue weighted by molar-refractivity contribution is 9.11. The average Bonchev–Trinajstić information content (AvgIpc) is 2.60. The highest BCUT2D eigenvalue weighted by atomic mass is 79.9. The molecular weight excluding hydrogens is 354 g/mol. The molecule has 1 aliphatic rings. The van der Waals surface area contributed by atoms with E-state index in [1.54, 1.807) is 12.1 Å². The molecule has 1 aromatic rings. The summed E-state index contributed by atoms with van der Waals surface area (Å²) in [4.78, 5) is 24.2. The topological polar surface area (TPSA) is 46.6 Å². The Morgan fingerprint density at radius 1 is 1.06 bits per heavy atom. The van der Waals surface area contributed by atoms with Gasteiger partial charge < -0.3 is 4.74 Å². The zero-order chi connectivity index (χ0) is 12.6. The molecule has 0 bridgehead atoms. The number of methoxy groups -OCH3 is 1. The second-order valence-electron chi connectivity index (χ2n) is 3.28. The van der Waals surface area contributed by atoms with Crippen molar-refractivity contribution in [3.63, 3.8) is 0 Å². The van der Waals surface area contributed by atoms with Crippen LogP contribution in [0, 0.1) is 0 Å². The molecular formula is C11H7Br2NO3. The second-order valence-corrected chi connectivity index (χ2v) is 4.99. The van der Waals surface area contributed by atoms with Crippen LogP contribution in [0.5, 0.6) is 5.75 Å². The van der Waals surface area contributed by atoms with E-state index in [4.69, 9.17) is 4.74 Å². The van der Waals surface area contributed by atoms with Gasteiger partial charge in [-0.15, -0.1) is 0 Å². The van der Waals surface area contributed by atoms with Gasteiger partial charge in [0.25, 0.3) is 11.8 Å². The minimum absolute atomic E-state index is 0.361. The molecule has 0 aromatic heterocycles. The number of ether oxygens (including phenoxy) is 1. The lowest BCUT2D eigenvalue weighted by Crippen LogP contribution is -2.29. The number of carbonyl (C=O) groups excluding carboxylic acids is 2. The number of anilines is 1. The number of hydrogen-bond acceptors (Lipinski definition) is 3. The maximum absolute atomic E-state index is 11.6. The minimum Gasteiger partial charge on any atom is -0.495 e. The summed E-state index contributed by atoms with van der Waals surface area (Å²) in [7, 11) is 1.52. The van der Waals surface area contributed by atoms with Crippen LogP contribution >= 0.6 is 31.9 Å². The van der Waals surface area contributed by atoms with E-state index in [-0.39, 0.29) is 11.8 Å². The third-order valence-corrected chi connectivity index (χ3v) is 3.53. The molecule has 0 saturated heterocycles. The van der Waals surface area contributed by atoms with Crippen LogP contribution < -0.4 is 9.64 Å². The molecule has 0 atom stereocenters. The number of benzene rings is 1. The number of halogens is 2. The zero-order valence-corrected chi connectivity index (χ0v) is 11.9. The van der Waals surface area contributed by atoms with Gasteiger partial charge in [0.1, 0.15) is 5.75 Å². The van der Waals surface area contributed by atoms with Crippen molar-refractivity contribution >= 4 is 49.4 Å². The molecule has 4 nitrogen and oxygen atoms in total. The summed E-state index contributed by atoms with van der Waals surface area (Å²) in [5.74, 6) is -0.171. The van der Waals surface area contributed by atoms with Crippen molar-refractivity contribution in [3.05, 3.63) is 33.2 Å². The van der Waals surface area contributed by atoms with Crippen molar-refractivity contribution < 1.29 is 14.3 Å². The van der Waals surface area contributed by atoms with Gasteiger partial charge in [-0.25, -0.2) is 4.90 Å². The standard InChI is InChI=1S/C11H7Br2NO3/c1-17-9-5-8(6(12)4-7(9)13)14-10(15)2-3-11(14)16/h2-5H,1H3. The van der Waals surface area contributed by atoms with Gasteiger partial charge in [-0.1, -0.05) is 0 Å². The van der Waals surface area contributed by atoms with Crippen molar-refractivity contribution in [1.82, 2.24) is 0 Å². The third-order valence-electron chi connectivity index (χ3n) is 2.27. The number of hydrogen-bond donors (Lipinski definition) is 0. The molecule has 0 fully saturated rings. The summed E-state index contributed by atoms with van der Waals surface area (Å²) in [6.45, 7) is 0. The van der Waals surface area contributed by atoms with E-state index < -0.39 is 0 Å². The maximum Gasteiger partial charge on any atom is 0.258 e. The van der Waals surface area contributed by atoms with Crippen LogP contribution in [0.2, 0.25) is 0 Å². The normalized spacial score (nSPS) is 14.6. The fourth-order valence-corrected chi connectivity index (χ4v) is 2.82. The summed E-state index contributed by atoms with van der Waals surface area (Å²) in [5.41, 5.74) is 0.463. The Labute approximate surface area is 114 Å². The fraction of sp³-hybridized carbons (Fsp3) is 0.0909. The van der Waals surface area contributed by atoms with Gasteiger partial charge in [0.2, 0.25) is 0 Å². The quantitative estimate of drug-likeness (QED) is 0.762. The van der Waals surface area contributed by atoms with Crippen LogP contribution in [0.4, 0.5) is 5.69 Å². The molecule has 0 unspecified atom stereocenters. The summed E-state index contributed by atoms with van der Waals surface area (Å²) in [6.07, 6.45) is 2.48. The van der Waals surface area contributed by atoms with E-state index in [0.29, 0.717) is 15.9 Å². The van der Waals surface area contributed by atoms with Crippen molar-refractivity contribution in [2.45, 2.75) is 0 Å². The molecule has 1 aliphatic heterocycles. The molecule has 1 heterocycles. The monoisotopic (exact) mass is 359 g/mol. The fourth-order valence-electron chi connectivity index (χ4n) is 1.48. The number of carbonyl (C=O) groups is 2. The molecule has 1 aromatic carbocycles. The zero-order valence-electron chi connectivity index (χ0n) is 8.74. The van der Waals surface area contributed by atoms with Crippen LogP contribution in [-0.2, 0) is 9.59 Å². The Kier molecular flexibility index (Phi) is 3.35. The molecule has 6 heteroatoms. The first-order valence-electron chi connectivity index (χ1n) is 4.63. The Hall–Kier alpha value is -1.14. The van der Waals surface area contributed by atoms with Crippen molar-refractivity contribution in [3.8, 4) is 5.75 Å². The average molecular weight is 361 g/mol. The Balaban J connectivity index is 2.52. The first kappa shape index (κ1) is 12.3. The van der Waals surface area contributed by atoms with Crippen LogP contribution in [-0.4, -0.2) is 18.9 Å². The summed E-state index contributed by atoms with van der Waals surface area (Å²) >= 11 is 6.64. The molecule has 2 rings (SSSR count).